The number of furan rings is 1. The number of aromatic nitrogens is 2. The van der Waals surface area contributed by atoms with E-state index in [4.69, 9.17) is 9.40 Å². The molecule has 3 aromatic rings. The van der Waals surface area contributed by atoms with Crippen molar-refractivity contribution in [1.82, 2.24) is 15.3 Å². The molecule has 0 amide bonds. The van der Waals surface area contributed by atoms with Gasteiger partial charge in [-0.1, -0.05) is 18.2 Å². The maximum Gasteiger partial charge on any atom is 0.145 e. The first kappa shape index (κ1) is 11.6. The molecule has 1 saturated heterocycles. The molecule has 1 unspecified atom stereocenters. The summed E-state index contributed by atoms with van der Waals surface area (Å²) in [6.07, 6.45) is 5.90. The molecule has 1 aliphatic heterocycles. The van der Waals surface area contributed by atoms with E-state index in [9.17, 15) is 0 Å². The van der Waals surface area contributed by atoms with E-state index in [1.54, 1.807) is 6.26 Å². The van der Waals surface area contributed by atoms with Crippen LogP contribution in [0.25, 0.3) is 22.2 Å². The van der Waals surface area contributed by atoms with Crippen molar-refractivity contribution in [2.45, 2.75) is 18.9 Å². The molecule has 0 radical (unpaired) electrons. The molecule has 20 heavy (non-hydrogen) atoms. The predicted molar refractivity (Wildman–Crippen MR) is 77.2 cm³/mol. The number of para-hydroxylation sites is 1. The summed E-state index contributed by atoms with van der Waals surface area (Å²) in [6.45, 7) is 1.05. The Kier molecular flexibility index (Phi) is 2.74. The number of benzene rings is 1. The molecule has 3 heterocycles. The van der Waals surface area contributed by atoms with Gasteiger partial charge in [-0.3, -0.25) is 0 Å². The predicted octanol–water partition coefficient (Wildman–Crippen LogP) is 3.31. The van der Waals surface area contributed by atoms with E-state index in [2.05, 4.69) is 16.4 Å². The zero-order valence-corrected chi connectivity index (χ0v) is 11.0. The molecule has 1 aromatic carbocycles. The van der Waals surface area contributed by atoms with E-state index in [1.807, 2.05) is 30.5 Å². The summed E-state index contributed by atoms with van der Waals surface area (Å²) in [5.74, 6) is 0.880. The molecule has 1 atom stereocenters. The van der Waals surface area contributed by atoms with Crippen LogP contribution in [-0.2, 0) is 0 Å². The van der Waals surface area contributed by atoms with Gasteiger partial charge in [0.2, 0.25) is 0 Å². The second-order valence-corrected chi connectivity index (χ2v) is 5.09. The molecule has 4 nitrogen and oxygen atoms in total. The van der Waals surface area contributed by atoms with E-state index in [0.29, 0.717) is 0 Å². The molecule has 1 fully saturated rings. The van der Waals surface area contributed by atoms with Crippen LogP contribution in [0.2, 0.25) is 0 Å². The van der Waals surface area contributed by atoms with Crippen LogP contribution < -0.4 is 5.32 Å². The number of nitrogens with one attached hydrogen (secondary N) is 1. The average Bonchev–Trinajstić information content (AvgIpc) is 3.17. The standard InChI is InChI=1S/C16H15N3O/c1-2-6-15-11(4-1)12(10-20-15)13-7-9-18-16(19-13)14-5-3-8-17-14/h1-2,4,6-7,9-10,14,17H,3,5,8H2. The van der Waals surface area contributed by atoms with Crippen molar-refractivity contribution in [1.29, 1.82) is 0 Å². The van der Waals surface area contributed by atoms with Gasteiger partial charge in [0.25, 0.3) is 0 Å². The summed E-state index contributed by atoms with van der Waals surface area (Å²) in [4.78, 5) is 9.12. The summed E-state index contributed by atoms with van der Waals surface area (Å²) in [5, 5.41) is 4.53. The van der Waals surface area contributed by atoms with Gasteiger partial charge in [-0.25, -0.2) is 9.97 Å². The minimum absolute atomic E-state index is 0.285. The molecule has 1 N–H and O–H groups in total. The third-order valence-electron chi connectivity index (χ3n) is 3.80. The van der Waals surface area contributed by atoms with Crippen LogP contribution in [0.3, 0.4) is 0 Å². The van der Waals surface area contributed by atoms with E-state index >= 15 is 0 Å². The van der Waals surface area contributed by atoms with Crippen LogP contribution in [0.1, 0.15) is 24.7 Å². The third kappa shape index (κ3) is 1.89. The Hall–Kier alpha value is -2.20. The van der Waals surface area contributed by atoms with Crippen LogP contribution in [0, 0.1) is 0 Å². The van der Waals surface area contributed by atoms with Gasteiger partial charge in [-0.15, -0.1) is 0 Å². The lowest BCUT2D eigenvalue weighted by atomic mass is 10.1. The second-order valence-electron chi connectivity index (χ2n) is 5.09. The van der Waals surface area contributed by atoms with Crippen molar-refractivity contribution in [3.8, 4) is 11.3 Å². The highest BCUT2D eigenvalue weighted by molar-refractivity contribution is 5.92. The van der Waals surface area contributed by atoms with E-state index in [1.165, 1.54) is 6.42 Å². The van der Waals surface area contributed by atoms with Gasteiger partial charge in [-0.05, 0) is 31.5 Å². The fourth-order valence-electron chi connectivity index (χ4n) is 2.77. The summed E-state index contributed by atoms with van der Waals surface area (Å²) in [7, 11) is 0. The smallest absolute Gasteiger partial charge is 0.145 e. The Morgan fingerprint density at radius 2 is 2.15 bits per heavy atom. The number of hydrogen-bond donors (Lipinski definition) is 1. The first-order chi connectivity index (χ1) is 9.92. The van der Waals surface area contributed by atoms with Gasteiger partial charge in [0.15, 0.2) is 0 Å². The summed E-state index contributed by atoms with van der Waals surface area (Å²) >= 11 is 0. The van der Waals surface area contributed by atoms with E-state index in [-0.39, 0.29) is 6.04 Å². The topological polar surface area (TPSA) is 51.0 Å². The van der Waals surface area contributed by atoms with Crippen LogP contribution in [0.15, 0.2) is 47.2 Å². The SMILES string of the molecule is c1ccc2c(-c3ccnc(C4CCCN4)n3)coc2c1. The summed E-state index contributed by atoms with van der Waals surface area (Å²) in [6, 6.07) is 10.2. The molecule has 4 heteroatoms. The first-order valence-electron chi connectivity index (χ1n) is 6.95. The molecule has 100 valence electrons. The minimum atomic E-state index is 0.285. The van der Waals surface area contributed by atoms with E-state index < -0.39 is 0 Å². The highest BCUT2D eigenvalue weighted by Gasteiger charge is 2.19. The molecular formula is C16H15N3O. The number of hydrogen-bond acceptors (Lipinski definition) is 4. The molecule has 0 aliphatic carbocycles. The average molecular weight is 265 g/mol. The number of fused-ring (bicyclic) bond motifs is 1. The van der Waals surface area contributed by atoms with Crippen LogP contribution in [-0.4, -0.2) is 16.5 Å². The van der Waals surface area contributed by atoms with Crippen molar-refractivity contribution in [3.05, 3.63) is 48.6 Å². The van der Waals surface area contributed by atoms with Gasteiger partial charge in [-0.2, -0.15) is 0 Å². The molecular weight excluding hydrogens is 250 g/mol. The molecule has 4 rings (SSSR count). The molecule has 0 spiro atoms. The third-order valence-corrected chi connectivity index (χ3v) is 3.80. The molecule has 0 saturated carbocycles. The molecule has 0 bridgehead atoms. The molecule has 1 aliphatic rings. The monoisotopic (exact) mass is 265 g/mol. The maximum absolute atomic E-state index is 5.59. The number of rotatable bonds is 2. The quantitative estimate of drug-likeness (QED) is 0.772. The van der Waals surface area contributed by atoms with Gasteiger partial charge >= 0.3 is 0 Å². The van der Waals surface area contributed by atoms with Gasteiger partial charge in [0.05, 0.1) is 11.7 Å². The Bertz CT molecular complexity index is 744. The highest BCUT2D eigenvalue weighted by atomic mass is 16.3. The highest BCUT2D eigenvalue weighted by Crippen LogP contribution is 2.30. The van der Waals surface area contributed by atoms with E-state index in [0.717, 1.165) is 41.0 Å². The largest absolute Gasteiger partial charge is 0.464 e. The van der Waals surface area contributed by atoms with Crippen molar-refractivity contribution < 1.29 is 4.42 Å². The second kappa shape index (κ2) is 4.72. The van der Waals surface area contributed by atoms with Crippen LogP contribution >= 0.6 is 0 Å². The Morgan fingerprint density at radius 1 is 1.20 bits per heavy atom. The lowest BCUT2D eigenvalue weighted by Crippen LogP contribution is -2.15. The summed E-state index contributed by atoms with van der Waals surface area (Å²) < 4.78 is 5.59. The van der Waals surface area contributed by atoms with Gasteiger partial charge in [0.1, 0.15) is 17.7 Å². The molecule has 2 aromatic heterocycles. The zero-order valence-electron chi connectivity index (χ0n) is 11.0. The Labute approximate surface area is 116 Å². The van der Waals surface area contributed by atoms with Gasteiger partial charge in [0, 0.05) is 17.1 Å². The summed E-state index contributed by atoms with van der Waals surface area (Å²) in [5.41, 5.74) is 2.84. The van der Waals surface area contributed by atoms with Crippen molar-refractivity contribution in [2.24, 2.45) is 0 Å². The lowest BCUT2D eigenvalue weighted by molar-refractivity contribution is 0.604. The van der Waals surface area contributed by atoms with Crippen LogP contribution in [0.5, 0.6) is 0 Å². The fraction of sp³-hybridized carbons (Fsp3) is 0.250. The Balaban J connectivity index is 1.80. The maximum atomic E-state index is 5.59. The Morgan fingerprint density at radius 3 is 3.05 bits per heavy atom. The van der Waals surface area contributed by atoms with Crippen molar-refractivity contribution >= 4 is 11.0 Å². The lowest BCUT2D eigenvalue weighted by Gasteiger charge is -2.09. The number of nitrogens with zero attached hydrogens (tertiary/aromatic N) is 2. The van der Waals surface area contributed by atoms with Crippen molar-refractivity contribution in [3.63, 3.8) is 0 Å². The normalized spacial score (nSPS) is 18.7. The first-order valence-corrected chi connectivity index (χ1v) is 6.95. The van der Waals surface area contributed by atoms with Gasteiger partial charge < -0.3 is 9.73 Å². The van der Waals surface area contributed by atoms with Crippen molar-refractivity contribution in [2.75, 3.05) is 6.54 Å². The fourth-order valence-corrected chi connectivity index (χ4v) is 2.77. The zero-order chi connectivity index (χ0) is 13.4. The minimum Gasteiger partial charge on any atom is -0.464 e. The van der Waals surface area contributed by atoms with Crippen LogP contribution in [0.4, 0.5) is 0 Å².